The third kappa shape index (κ3) is 3.01. The number of hydrogen-bond donors (Lipinski definition) is 1. The van der Waals surface area contributed by atoms with Crippen LogP contribution in [0.2, 0.25) is 0 Å². The Morgan fingerprint density at radius 2 is 1.88 bits per heavy atom. The molecule has 2 fully saturated rings. The molecule has 2 aliphatic heterocycles. The Morgan fingerprint density at radius 3 is 2.60 bits per heavy atom. The Labute approximate surface area is 147 Å². The highest BCUT2D eigenvalue weighted by molar-refractivity contribution is 5.81. The molecule has 3 heterocycles. The molecule has 0 spiro atoms. The van der Waals surface area contributed by atoms with E-state index in [0.29, 0.717) is 13.1 Å². The number of carbonyl (C=O) groups is 2. The highest BCUT2D eigenvalue weighted by Crippen LogP contribution is 2.34. The quantitative estimate of drug-likeness (QED) is 0.913. The van der Waals surface area contributed by atoms with Gasteiger partial charge in [0.05, 0.1) is 17.1 Å². The summed E-state index contributed by atoms with van der Waals surface area (Å²) in [6.45, 7) is 3.78. The van der Waals surface area contributed by atoms with Gasteiger partial charge in [-0.15, -0.1) is 0 Å². The Hall–Kier alpha value is -2.37. The molecule has 1 atom stereocenters. The van der Waals surface area contributed by atoms with E-state index in [4.69, 9.17) is 4.98 Å². The molecule has 0 bridgehead atoms. The summed E-state index contributed by atoms with van der Waals surface area (Å²) in [5.41, 5.74) is 1.97. The lowest BCUT2D eigenvalue weighted by Crippen LogP contribution is -2.43. The number of benzene rings is 1. The number of fused-ring (bicyclic) bond motifs is 1. The lowest BCUT2D eigenvalue weighted by Gasteiger charge is -2.34. The van der Waals surface area contributed by atoms with Crippen LogP contribution in [0.5, 0.6) is 0 Å². The van der Waals surface area contributed by atoms with Crippen LogP contribution in [0.4, 0.5) is 0 Å². The number of aromatic amines is 1. The summed E-state index contributed by atoms with van der Waals surface area (Å²) in [7, 11) is 0. The van der Waals surface area contributed by atoms with Crippen LogP contribution in [0.1, 0.15) is 44.5 Å². The molecule has 2 saturated heterocycles. The number of hydrogen-bond acceptors (Lipinski definition) is 3. The van der Waals surface area contributed by atoms with Gasteiger partial charge in [0.1, 0.15) is 5.82 Å². The van der Waals surface area contributed by atoms with Crippen LogP contribution in [0.15, 0.2) is 24.3 Å². The van der Waals surface area contributed by atoms with Crippen molar-refractivity contribution in [1.82, 2.24) is 19.8 Å². The molecular weight excluding hydrogens is 316 g/mol. The first-order valence-electron chi connectivity index (χ1n) is 9.14. The molecule has 2 aromatic rings. The molecule has 1 aromatic heterocycles. The second kappa shape index (κ2) is 6.50. The summed E-state index contributed by atoms with van der Waals surface area (Å²) in [5, 5.41) is 0. The van der Waals surface area contributed by atoms with Gasteiger partial charge in [-0.2, -0.15) is 0 Å². The molecule has 1 N–H and O–H groups in total. The molecule has 2 amide bonds. The summed E-state index contributed by atoms with van der Waals surface area (Å²) in [4.78, 5) is 36.5. The van der Waals surface area contributed by atoms with Gasteiger partial charge in [0.2, 0.25) is 11.8 Å². The van der Waals surface area contributed by atoms with Crippen molar-refractivity contribution in [3.63, 3.8) is 0 Å². The van der Waals surface area contributed by atoms with Gasteiger partial charge in [0, 0.05) is 32.5 Å². The Morgan fingerprint density at radius 1 is 1.12 bits per heavy atom. The number of nitrogens with zero attached hydrogens (tertiary/aromatic N) is 3. The molecule has 1 aromatic carbocycles. The van der Waals surface area contributed by atoms with Gasteiger partial charge in [-0.25, -0.2) is 4.98 Å². The minimum absolute atomic E-state index is 0.0283. The number of imidazole rings is 1. The van der Waals surface area contributed by atoms with E-state index in [0.717, 1.165) is 49.1 Å². The van der Waals surface area contributed by atoms with E-state index in [1.807, 2.05) is 34.1 Å². The van der Waals surface area contributed by atoms with Crippen LogP contribution in [-0.2, 0) is 9.59 Å². The van der Waals surface area contributed by atoms with Gasteiger partial charge in [-0.3, -0.25) is 9.59 Å². The van der Waals surface area contributed by atoms with E-state index >= 15 is 0 Å². The molecule has 4 rings (SSSR count). The molecule has 25 heavy (non-hydrogen) atoms. The van der Waals surface area contributed by atoms with E-state index in [9.17, 15) is 9.59 Å². The van der Waals surface area contributed by atoms with Gasteiger partial charge in [-0.05, 0) is 37.8 Å². The van der Waals surface area contributed by atoms with Gasteiger partial charge in [-0.1, -0.05) is 12.1 Å². The second-order valence-corrected chi connectivity index (χ2v) is 7.11. The summed E-state index contributed by atoms with van der Waals surface area (Å²) in [6.07, 6.45) is 3.50. The molecule has 0 radical (unpaired) electrons. The first-order chi connectivity index (χ1) is 12.1. The van der Waals surface area contributed by atoms with Crippen LogP contribution in [-0.4, -0.2) is 51.2 Å². The number of likely N-dealkylation sites (tertiary alicyclic amines) is 2. The van der Waals surface area contributed by atoms with Crippen molar-refractivity contribution < 1.29 is 9.59 Å². The lowest BCUT2D eigenvalue weighted by atomic mass is 9.95. The van der Waals surface area contributed by atoms with Gasteiger partial charge in [0.25, 0.3) is 0 Å². The van der Waals surface area contributed by atoms with Gasteiger partial charge < -0.3 is 14.8 Å². The van der Waals surface area contributed by atoms with Crippen molar-refractivity contribution in [2.45, 2.75) is 38.6 Å². The summed E-state index contributed by atoms with van der Waals surface area (Å²) in [5.74, 6) is 1.26. The number of H-pyrrole nitrogens is 1. The standard InChI is InChI=1S/C19H24N4O2/c1-13(24)22-11-8-14(9-12-22)19(25)23-10-4-7-17(23)18-20-15-5-2-3-6-16(15)21-18/h2-3,5-6,14,17H,4,7-12H2,1H3,(H,20,21). The predicted molar refractivity (Wildman–Crippen MR) is 94.8 cm³/mol. The van der Waals surface area contributed by atoms with Crippen LogP contribution in [0.25, 0.3) is 11.0 Å². The predicted octanol–water partition coefficient (Wildman–Crippen LogP) is 2.48. The van der Waals surface area contributed by atoms with E-state index < -0.39 is 0 Å². The summed E-state index contributed by atoms with van der Waals surface area (Å²) >= 11 is 0. The number of amides is 2. The Kier molecular flexibility index (Phi) is 4.19. The monoisotopic (exact) mass is 340 g/mol. The van der Waals surface area contributed by atoms with Crippen molar-refractivity contribution in [2.75, 3.05) is 19.6 Å². The largest absolute Gasteiger partial charge is 0.343 e. The Balaban J connectivity index is 1.49. The highest BCUT2D eigenvalue weighted by Gasteiger charge is 2.36. The highest BCUT2D eigenvalue weighted by atomic mass is 16.2. The average molecular weight is 340 g/mol. The number of aromatic nitrogens is 2. The SMILES string of the molecule is CC(=O)N1CCC(C(=O)N2CCCC2c2nc3ccccc3[nH]2)CC1. The van der Waals surface area contributed by atoms with Crippen molar-refractivity contribution in [3.05, 3.63) is 30.1 Å². The average Bonchev–Trinajstić information content (AvgIpc) is 3.27. The van der Waals surface area contributed by atoms with Crippen molar-refractivity contribution >= 4 is 22.8 Å². The maximum absolute atomic E-state index is 13.1. The normalized spacial score (nSPS) is 21.9. The van der Waals surface area contributed by atoms with Gasteiger partial charge in [0.15, 0.2) is 0 Å². The maximum atomic E-state index is 13.1. The molecule has 0 saturated carbocycles. The topological polar surface area (TPSA) is 69.3 Å². The lowest BCUT2D eigenvalue weighted by molar-refractivity contribution is -0.141. The second-order valence-electron chi connectivity index (χ2n) is 7.11. The van der Waals surface area contributed by atoms with Crippen LogP contribution < -0.4 is 0 Å². The van der Waals surface area contributed by atoms with Crippen LogP contribution >= 0.6 is 0 Å². The minimum Gasteiger partial charge on any atom is -0.343 e. The first-order valence-corrected chi connectivity index (χ1v) is 9.14. The number of para-hydroxylation sites is 2. The first kappa shape index (κ1) is 16.1. The van der Waals surface area contributed by atoms with Crippen LogP contribution in [0, 0.1) is 5.92 Å². The fraction of sp³-hybridized carbons (Fsp3) is 0.526. The number of carbonyl (C=O) groups excluding carboxylic acids is 2. The van der Waals surface area contributed by atoms with E-state index in [2.05, 4.69) is 4.98 Å². The molecule has 2 aliphatic rings. The third-order valence-electron chi connectivity index (χ3n) is 5.55. The van der Waals surface area contributed by atoms with E-state index in [-0.39, 0.29) is 23.8 Å². The van der Waals surface area contributed by atoms with Gasteiger partial charge >= 0.3 is 0 Å². The molecule has 1 unspecified atom stereocenters. The maximum Gasteiger partial charge on any atom is 0.226 e. The summed E-state index contributed by atoms with van der Waals surface area (Å²) < 4.78 is 0. The zero-order valence-corrected chi connectivity index (χ0v) is 14.6. The smallest absolute Gasteiger partial charge is 0.226 e. The third-order valence-corrected chi connectivity index (χ3v) is 5.55. The van der Waals surface area contributed by atoms with E-state index in [1.165, 1.54) is 0 Å². The fourth-order valence-electron chi connectivity index (χ4n) is 4.12. The molecule has 6 nitrogen and oxygen atoms in total. The van der Waals surface area contributed by atoms with Crippen LogP contribution in [0.3, 0.4) is 0 Å². The van der Waals surface area contributed by atoms with E-state index in [1.54, 1.807) is 6.92 Å². The number of piperidine rings is 1. The molecular formula is C19H24N4O2. The fourth-order valence-corrected chi connectivity index (χ4v) is 4.12. The number of nitrogens with one attached hydrogen (secondary N) is 1. The molecule has 6 heteroatoms. The summed E-state index contributed by atoms with van der Waals surface area (Å²) in [6, 6.07) is 8.03. The Bertz CT molecular complexity index is 759. The zero-order chi connectivity index (χ0) is 17.4. The van der Waals surface area contributed by atoms with Crippen molar-refractivity contribution in [3.8, 4) is 0 Å². The van der Waals surface area contributed by atoms with Crippen molar-refractivity contribution in [1.29, 1.82) is 0 Å². The minimum atomic E-state index is 0.0283. The molecule has 0 aliphatic carbocycles. The molecule has 132 valence electrons. The number of rotatable bonds is 2. The van der Waals surface area contributed by atoms with Crippen molar-refractivity contribution in [2.24, 2.45) is 5.92 Å². The zero-order valence-electron chi connectivity index (χ0n) is 14.6.